The van der Waals surface area contributed by atoms with E-state index in [1.54, 1.807) is 0 Å². The molecular weight excluding hydrogens is 316 g/mol. The fourth-order valence-corrected chi connectivity index (χ4v) is 4.49. The van der Waals surface area contributed by atoms with Crippen LogP contribution >= 0.6 is 0 Å². The number of para-hydroxylation sites is 1. The molecule has 0 unspecified atom stereocenters. The molecule has 4 rings (SSSR count). The number of anilines is 1. The van der Waals surface area contributed by atoms with Crippen LogP contribution in [0.15, 0.2) is 30.3 Å². The molecule has 0 radical (unpaired) electrons. The maximum atomic E-state index is 10.4. The minimum absolute atomic E-state index is 0.0149. The molecule has 1 aromatic carbocycles. The van der Waals surface area contributed by atoms with Gasteiger partial charge in [-0.3, -0.25) is 0 Å². The topological polar surface area (TPSA) is 65.8 Å². The predicted octanol–water partition coefficient (Wildman–Crippen LogP) is 2.48. The lowest BCUT2D eigenvalue weighted by Crippen LogP contribution is -2.62. The second-order valence-electron chi connectivity index (χ2n) is 7.24. The zero-order valence-corrected chi connectivity index (χ0v) is 14.7. The number of nitrogens with zero attached hydrogens (tertiary/aromatic N) is 2. The summed E-state index contributed by atoms with van der Waals surface area (Å²) in [4.78, 5) is 7.06. The lowest BCUT2D eigenvalue weighted by atomic mass is 9.58. The number of fused-ring (bicyclic) bond motifs is 1. The van der Waals surface area contributed by atoms with Crippen molar-refractivity contribution in [1.29, 1.82) is 0 Å². The Balaban J connectivity index is 1.57. The average Bonchev–Trinajstić information content (AvgIpc) is 2.67. The van der Waals surface area contributed by atoms with Crippen molar-refractivity contribution in [2.24, 2.45) is 5.41 Å². The van der Waals surface area contributed by atoms with Crippen LogP contribution in [0.2, 0.25) is 0 Å². The van der Waals surface area contributed by atoms with Crippen LogP contribution in [0.4, 0.5) is 5.82 Å². The van der Waals surface area contributed by atoms with Crippen LogP contribution < -0.4 is 4.90 Å². The molecule has 25 heavy (non-hydrogen) atoms. The molecule has 2 fully saturated rings. The number of aromatic nitrogens is 1. The number of pyridine rings is 1. The molecule has 1 aromatic heterocycles. The molecule has 2 aromatic rings. The van der Waals surface area contributed by atoms with Crippen molar-refractivity contribution in [2.75, 3.05) is 24.6 Å². The van der Waals surface area contributed by atoms with Gasteiger partial charge in [-0.15, -0.1) is 0 Å². The van der Waals surface area contributed by atoms with Gasteiger partial charge in [0.2, 0.25) is 0 Å². The standard InChI is InChI=1S/C20H26N2O3/c1-2-25-18-12-17(24)20(18)7-9-22(10-8-20)19-15(13-23)11-14-5-3-4-6-16(14)21-19/h3-6,11,17-18,23-24H,2,7-10,12-13H2,1H3/t17-,18-/m1/s1. The third-order valence-corrected chi connectivity index (χ3v) is 6.05. The first-order valence-corrected chi connectivity index (χ1v) is 9.22. The van der Waals surface area contributed by atoms with Crippen LogP contribution in [0.1, 0.15) is 31.7 Å². The summed E-state index contributed by atoms with van der Waals surface area (Å²) in [6.45, 7) is 4.36. The molecule has 5 nitrogen and oxygen atoms in total. The van der Waals surface area contributed by atoms with Crippen LogP contribution in [0.25, 0.3) is 10.9 Å². The van der Waals surface area contributed by atoms with Crippen molar-refractivity contribution in [3.05, 3.63) is 35.9 Å². The van der Waals surface area contributed by atoms with Crippen molar-refractivity contribution in [2.45, 2.75) is 45.0 Å². The molecule has 2 N–H and O–H groups in total. The Morgan fingerprint density at radius 2 is 2.04 bits per heavy atom. The summed E-state index contributed by atoms with van der Waals surface area (Å²) in [6, 6.07) is 10.0. The van der Waals surface area contributed by atoms with Gasteiger partial charge in [0.15, 0.2) is 0 Å². The van der Waals surface area contributed by atoms with E-state index >= 15 is 0 Å². The van der Waals surface area contributed by atoms with E-state index in [0.29, 0.717) is 6.61 Å². The van der Waals surface area contributed by atoms with Crippen molar-refractivity contribution >= 4 is 16.7 Å². The molecule has 5 heteroatoms. The van der Waals surface area contributed by atoms with Gasteiger partial charge in [0, 0.05) is 42.5 Å². The van der Waals surface area contributed by atoms with Crippen LogP contribution in [-0.4, -0.2) is 47.1 Å². The summed E-state index contributed by atoms with van der Waals surface area (Å²) in [7, 11) is 0. The zero-order chi connectivity index (χ0) is 17.4. The highest BCUT2D eigenvalue weighted by Crippen LogP contribution is 2.51. The summed E-state index contributed by atoms with van der Waals surface area (Å²) >= 11 is 0. The van der Waals surface area contributed by atoms with E-state index in [1.807, 2.05) is 37.3 Å². The van der Waals surface area contributed by atoms with Gasteiger partial charge in [0.1, 0.15) is 5.82 Å². The van der Waals surface area contributed by atoms with Crippen LogP contribution in [-0.2, 0) is 11.3 Å². The molecule has 0 amide bonds. The first-order valence-electron chi connectivity index (χ1n) is 9.22. The zero-order valence-electron chi connectivity index (χ0n) is 14.7. The van der Waals surface area contributed by atoms with Gasteiger partial charge >= 0.3 is 0 Å². The highest BCUT2D eigenvalue weighted by molar-refractivity contribution is 5.81. The van der Waals surface area contributed by atoms with E-state index in [4.69, 9.17) is 9.72 Å². The van der Waals surface area contributed by atoms with Crippen molar-refractivity contribution in [3.63, 3.8) is 0 Å². The average molecular weight is 342 g/mol. The molecule has 0 bridgehead atoms. The number of aliphatic hydroxyl groups excluding tert-OH is 2. The van der Waals surface area contributed by atoms with Crippen LogP contribution in [0, 0.1) is 5.41 Å². The number of hydrogen-bond acceptors (Lipinski definition) is 5. The van der Waals surface area contributed by atoms with Gasteiger partial charge < -0.3 is 19.8 Å². The number of piperidine rings is 1. The van der Waals surface area contributed by atoms with Gasteiger partial charge in [-0.2, -0.15) is 0 Å². The minimum atomic E-state index is -0.256. The highest BCUT2D eigenvalue weighted by Gasteiger charge is 2.56. The van der Waals surface area contributed by atoms with Gasteiger partial charge in [-0.1, -0.05) is 18.2 Å². The van der Waals surface area contributed by atoms with E-state index in [-0.39, 0.29) is 24.2 Å². The lowest BCUT2D eigenvalue weighted by molar-refractivity contribution is -0.199. The Kier molecular flexibility index (Phi) is 4.40. The number of hydrogen-bond donors (Lipinski definition) is 2. The maximum Gasteiger partial charge on any atom is 0.134 e. The third kappa shape index (κ3) is 2.71. The molecule has 2 heterocycles. The first-order chi connectivity index (χ1) is 12.2. The normalized spacial score (nSPS) is 25.3. The SMILES string of the molecule is CCO[C@@H]1C[C@@H](O)C12CCN(c1nc3ccccc3cc1CO)CC2. The van der Waals surface area contributed by atoms with E-state index in [2.05, 4.69) is 4.90 Å². The molecule has 2 aliphatic rings. The molecule has 1 saturated carbocycles. The molecule has 1 saturated heterocycles. The Hall–Kier alpha value is -1.69. The second kappa shape index (κ2) is 6.56. The van der Waals surface area contributed by atoms with Crippen LogP contribution in [0.5, 0.6) is 0 Å². The number of aliphatic hydroxyl groups is 2. The van der Waals surface area contributed by atoms with Crippen molar-refractivity contribution < 1.29 is 14.9 Å². The van der Waals surface area contributed by atoms with Crippen LogP contribution in [0.3, 0.4) is 0 Å². The third-order valence-electron chi connectivity index (χ3n) is 6.05. The second-order valence-corrected chi connectivity index (χ2v) is 7.24. The molecule has 2 atom stereocenters. The largest absolute Gasteiger partial charge is 0.392 e. The van der Waals surface area contributed by atoms with E-state index < -0.39 is 0 Å². The Morgan fingerprint density at radius 1 is 1.28 bits per heavy atom. The fraction of sp³-hybridized carbons (Fsp3) is 0.550. The molecule has 1 aliphatic heterocycles. The van der Waals surface area contributed by atoms with Crippen molar-refractivity contribution in [1.82, 2.24) is 4.98 Å². The highest BCUT2D eigenvalue weighted by atomic mass is 16.5. The Morgan fingerprint density at radius 3 is 2.72 bits per heavy atom. The lowest BCUT2D eigenvalue weighted by Gasteiger charge is -2.56. The van der Waals surface area contributed by atoms with Gasteiger partial charge in [0.05, 0.1) is 24.3 Å². The minimum Gasteiger partial charge on any atom is -0.392 e. The number of ether oxygens (including phenoxy) is 1. The van der Waals surface area contributed by atoms with Gasteiger partial charge in [0.25, 0.3) is 0 Å². The summed E-state index contributed by atoms with van der Waals surface area (Å²) < 4.78 is 5.85. The Bertz CT molecular complexity index is 754. The van der Waals surface area contributed by atoms with E-state index in [0.717, 1.165) is 54.6 Å². The summed E-state index contributed by atoms with van der Waals surface area (Å²) in [5, 5.41) is 21.2. The monoisotopic (exact) mass is 342 g/mol. The van der Waals surface area contributed by atoms with E-state index in [9.17, 15) is 10.2 Å². The van der Waals surface area contributed by atoms with Gasteiger partial charge in [-0.05, 0) is 31.9 Å². The smallest absolute Gasteiger partial charge is 0.134 e. The molecule has 134 valence electrons. The number of rotatable bonds is 4. The first kappa shape index (κ1) is 16.8. The quantitative estimate of drug-likeness (QED) is 0.894. The fourth-order valence-electron chi connectivity index (χ4n) is 4.49. The Labute approximate surface area is 148 Å². The molecule has 1 spiro atoms. The molecular formula is C20H26N2O3. The summed E-state index contributed by atoms with van der Waals surface area (Å²) in [5.41, 5.74) is 1.72. The number of benzene rings is 1. The summed E-state index contributed by atoms with van der Waals surface area (Å²) in [6.07, 6.45) is 2.48. The van der Waals surface area contributed by atoms with Gasteiger partial charge in [-0.25, -0.2) is 4.98 Å². The predicted molar refractivity (Wildman–Crippen MR) is 97.6 cm³/mol. The summed E-state index contributed by atoms with van der Waals surface area (Å²) in [5.74, 6) is 0.873. The van der Waals surface area contributed by atoms with Crippen molar-refractivity contribution in [3.8, 4) is 0 Å². The molecule has 1 aliphatic carbocycles. The maximum absolute atomic E-state index is 10.4. The van der Waals surface area contributed by atoms with E-state index in [1.165, 1.54) is 0 Å².